The molecule has 1 aromatic carbocycles. The molecule has 1 atom stereocenters. The summed E-state index contributed by atoms with van der Waals surface area (Å²) in [5.74, 6) is 0. The van der Waals surface area contributed by atoms with E-state index in [0.717, 1.165) is 25.2 Å². The van der Waals surface area contributed by atoms with Crippen LogP contribution in [0.15, 0.2) is 24.3 Å². The van der Waals surface area contributed by atoms with Crippen molar-refractivity contribution in [2.45, 2.75) is 44.3 Å². The van der Waals surface area contributed by atoms with Gasteiger partial charge in [-0.05, 0) is 57.0 Å². The highest BCUT2D eigenvalue weighted by Crippen LogP contribution is 2.21. The second kappa shape index (κ2) is 6.15. The van der Waals surface area contributed by atoms with Crippen LogP contribution in [0.4, 0.5) is 5.69 Å². The average Bonchev–Trinajstić information content (AvgIpc) is 3.21. The van der Waals surface area contributed by atoms with E-state index in [1.165, 1.54) is 43.5 Å². The molecule has 1 heterocycles. The summed E-state index contributed by atoms with van der Waals surface area (Å²) in [6, 6.07) is 10.6. The zero-order valence-electron chi connectivity index (χ0n) is 12.8. The van der Waals surface area contributed by atoms with Gasteiger partial charge in [0.05, 0.1) is 0 Å². The molecule has 0 radical (unpaired) electrons. The molecule has 3 heteroatoms. The summed E-state index contributed by atoms with van der Waals surface area (Å²) in [5.41, 5.74) is 2.73. The van der Waals surface area contributed by atoms with Gasteiger partial charge in [-0.3, -0.25) is 0 Å². The van der Waals surface area contributed by atoms with Gasteiger partial charge in [0.1, 0.15) is 0 Å². The highest BCUT2D eigenvalue weighted by molar-refractivity contribution is 5.47. The molecule has 0 bridgehead atoms. The Morgan fingerprint density at radius 1 is 1.20 bits per heavy atom. The second-order valence-electron chi connectivity index (χ2n) is 6.48. The zero-order chi connectivity index (χ0) is 13.9. The number of nitrogens with one attached hydrogen (secondary N) is 1. The Kier molecular flexibility index (Phi) is 4.27. The van der Waals surface area contributed by atoms with Crippen LogP contribution in [0, 0.1) is 0 Å². The van der Waals surface area contributed by atoms with E-state index in [2.05, 4.69) is 53.5 Å². The minimum atomic E-state index is 0.719. The first-order chi connectivity index (χ1) is 9.72. The molecule has 20 heavy (non-hydrogen) atoms. The van der Waals surface area contributed by atoms with Gasteiger partial charge in [0.15, 0.2) is 0 Å². The predicted molar refractivity (Wildman–Crippen MR) is 85.2 cm³/mol. The van der Waals surface area contributed by atoms with Crippen LogP contribution in [0.5, 0.6) is 0 Å². The molecular formula is C17H27N3. The van der Waals surface area contributed by atoms with Gasteiger partial charge >= 0.3 is 0 Å². The van der Waals surface area contributed by atoms with E-state index in [9.17, 15) is 0 Å². The van der Waals surface area contributed by atoms with Gasteiger partial charge in [-0.25, -0.2) is 0 Å². The quantitative estimate of drug-likeness (QED) is 0.859. The lowest BCUT2D eigenvalue weighted by Crippen LogP contribution is -2.36. The van der Waals surface area contributed by atoms with Crippen LogP contribution in [-0.2, 0) is 6.54 Å². The highest BCUT2D eigenvalue weighted by Gasteiger charge is 2.22. The van der Waals surface area contributed by atoms with E-state index in [4.69, 9.17) is 0 Å². The van der Waals surface area contributed by atoms with E-state index in [-0.39, 0.29) is 0 Å². The summed E-state index contributed by atoms with van der Waals surface area (Å²) in [4.78, 5) is 4.88. The Bertz CT molecular complexity index is 424. The molecule has 0 amide bonds. The van der Waals surface area contributed by atoms with Crippen molar-refractivity contribution in [3.8, 4) is 0 Å². The predicted octanol–water partition coefficient (Wildman–Crippen LogP) is 2.47. The molecule has 0 aromatic heterocycles. The number of likely N-dealkylation sites (tertiary alicyclic amines) is 1. The summed E-state index contributed by atoms with van der Waals surface area (Å²) in [7, 11) is 4.46. The Labute approximate surface area is 123 Å². The lowest BCUT2D eigenvalue weighted by molar-refractivity contribution is 0.314. The van der Waals surface area contributed by atoms with Crippen molar-refractivity contribution >= 4 is 5.69 Å². The molecule has 1 saturated heterocycles. The van der Waals surface area contributed by atoms with Crippen molar-refractivity contribution in [2.75, 3.05) is 32.1 Å². The summed E-state index contributed by atoms with van der Waals surface area (Å²) in [6.07, 6.45) is 5.40. The first kappa shape index (κ1) is 13.9. The van der Waals surface area contributed by atoms with Crippen LogP contribution in [0.3, 0.4) is 0 Å². The summed E-state index contributed by atoms with van der Waals surface area (Å²) in [5, 5.41) is 3.57. The molecule has 1 aromatic rings. The first-order valence-corrected chi connectivity index (χ1v) is 7.96. The molecule has 110 valence electrons. The minimum Gasteiger partial charge on any atom is -0.373 e. The maximum Gasteiger partial charge on any atom is 0.0364 e. The molecule has 1 aliphatic carbocycles. The summed E-state index contributed by atoms with van der Waals surface area (Å²) in [6.45, 7) is 3.40. The fourth-order valence-electron chi connectivity index (χ4n) is 3.05. The Morgan fingerprint density at radius 2 is 1.95 bits per heavy atom. The lowest BCUT2D eigenvalue weighted by Gasteiger charge is -2.27. The van der Waals surface area contributed by atoms with Gasteiger partial charge < -0.3 is 15.1 Å². The maximum absolute atomic E-state index is 3.57. The number of hydrogen-bond acceptors (Lipinski definition) is 3. The van der Waals surface area contributed by atoms with Crippen molar-refractivity contribution in [1.29, 1.82) is 0 Å². The van der Waals surface area contributed by atoms with Crippen LogP contribution in [0.1, 0.15) is 31.2 Å². The monoisotopic (exact) mass is 273 g/mol. The van der Waals surface area contributed by atoms with Crippen molar-refractivity contribution in [1.82, 2.24) is 10.2 Å². The largest absolute Gasteiger partial charge is 0.373 e. The van der Waals surface area contributed by atoms with E-state index in [1.807, 2.05) is 0 Å². The molecule has 3 rings (SSSR count). The molecule has 1 aliphatic heterocycles. The molecule has 1 N–H and O–H groups in total. The third-order valence-electron chi connectivity index (χ3n) is 4.71. The van der Waals surface area contributed by atoms with Crippen molar-refractivity contribution in [2.24, 2.45) is 0 Å². The smallest absolute Gasteiger partial charge is 0.0364 e. The number of hydrogen-bond donors (Lipinski definition) is 1. The molecule has 2 fully saturated rings. The maximum atomic E-state index is 3.57. The van der Waals surface area contributed by atoms with Gasteiger partial charge in [-0.1, -0.05) is 12.1 Å². The van der Waals surface area contributed by atoms with Crippen LogP contribution < -0.4 is 10.2 Å². The molecule has 0 spiro atoms. The lowest BCUT2D eigenvalue weighted by atomic mass is 10.1. The number of likely N-dealkylation sites (N-methyl/N-ethyl adjacent to an activating group) is 2. The van der Waals surface area contributed by atoms with Crippen molar-refractivity contribution < 1.29 is 0 Å². The van der Waals surface area contributed by atoms with Gasteiger partial charge in [-0.15, -0.1) is 0 Å². The first-order valence-electron chi connectivity index (χ1n) is 7.96. The Morgan fingerprint density at radius 3 is 2.55 bits per heavy atom. The van der Waals surface area contributed by atoms with Gasteiger partial charge in [0.2, 0.25) is 0 Å². The minimum absolute atomic E-state index is 0.719. The summed E-state index contributed by atoms with van der Waals surface area (Å²) >= 11 is 0. The Balaban J connectivity index is 1.52. The number of rotatable bonds is 6. The number of benzene rings is 1. The molecular weight excluding hydrogens is 246 g/mol. The van der Waals surface area contributed by atoms with Crippen LogP contribution in [0.2, 0.25) is 0 Å². The second-order valence-corrected chi connectivity index (χ2v) is 6.48. The van der Waals surface area contributed by atoms with Crippen molar-refractivity contribution in [3.05, 3.63) is 29.8 Å². The topological polar surface area (TPSA) is 18.5 Å². The van der Waals surface area contributed by atoms with E-state index in [1.54, 1.807) is 0 Å². The summed E-state index contributed by atoms with van der Waals surface area (Å²) < 4.78 is 0. The fourth-order valence-corrected chi connectivity index (χ4v) is 3.05. The SMILES string of the molecule is CN(CC1CCCN1C)c1ccc(CNC2CC2)cc1. The number of nitrogens with zero attached hydrogens (tertiary/aromatic N) is 2. The van der Waals surface area contributed by atoms with Gasteiger partial charge in [0.25, 0.3) is 0 Å². The average molecular weight is 273 g/mol. The normalized spacial score (nSPS) is 23.2. The molecule has 2 aliphatic rings. The third kappa shape index (κ3) is 3.53. The van der Waals surface area contributed by atoms with Gasteiger partial charge in [0, 0.05) is 37.9 Å². The molecule has 3 nitrogen and oxygen atoms in total. The van der Waals surface area contributed by atoms with Crippen molar-refractivity contribution in [3.63, 3.8) is 0 Å². The van der Waals surface area contributed by atoms with Crippen LogP contribution in [0.25, 0.3) is 0 Å². The standard InChI is InChI=1S/C17H27N3/c1-19-11-3-4-17(19)13-20(2)16-9-5-14(6-10-16)12-18-15-7-8-15/h5-6,9-10,15,17-18H,3-4,7-8,11-13H2,1-2H3. The molecule has 1 saturated carbocycles. The van der Waals surface area contributed by atoms with E-state index >= 15 is 0 Å². The van der Waals surface area contributed by atoms with Gasteiger partial charge in [-0.2, -0.15) is 0 Å². The fraction of sp³-hybridized carbons (Fsp3) is 0.647. The van der Waals surface area contributed by atoms with E-state index in [0.29, 0.717) is 0 Å². The highest BCUT2D eigenvalue weighted by atomic mass is 15.2. The van der Waals surface area contributed by atoms with Crippen LogP contribution in [-0.4, -0.2) is 44.2 Å². The zero-order valence-corrected chi connectivity index (χ0v) is 12.8. The Hall–Kier alpha value is -1.06. The number of anilines is 1. The third-order valence-corrected chi connectivity index (χ3v) is 4.71. The van der Waals surface area contributed by atoms with E-state index < -0.39 is 0 Å². The van der Waals surface area contributed by atoms with Crippen LogP contribution >= 0.6 is 0 Å². The molecule has 1 unspecified atom stereocenters.